The van der Waals surface area contributed by atoms with Gasteiger partial charge in [-0.05, 0) is 81.9 Å². The Morgan fingerprint density at radius 2 is 1.80 bits per heavy atom. The molecule has 1 aliphatic rings. The van der Waals surface area contributed by atoms with Gasteiger partial charge in [-0.3, -0.25) is 4.79 Å². The highest BCUT2D eigenvalue weighted by Gasteiger charge is 2.27. The molecule has 3 rings (SSSR count). The second-order valence-electron chi connectivity index (χ2n) is 7.86. The zero-order chi connectivity index (χ0) is 21.9. The van der Waals surface area contributed by atoms with Gasteiger partial charge in [0, 0.05) is 17.3 Å². The lowest BCUT2D eigenvalue weighted by atomic mass is 9.92. The number of anilines is 1. The van der Waals surface area contributed by atoms with E-state index in [0.717, 1.165) is 37.6 Å². The van der Waals surface area contributed by atoms with E-state index in [1.807, 2.05) is 26.0 Å². The van der Waals surface area contributed by atoms with E-state index in [2.05, 4.69) is 15.4 Å². The van der Waals surface area contributed by atoms with Gasteiger partial charge in [0.15, 0.2) is 0 Å². The van der Waals surface area contributed by atoms with Gasteiger partial charge in [0.25, 0.3) is 5.91 Å². The van der Waals surface area contributed by atoms with Crippen molar-refractivity contribution in [3.63, 3.8) is 0 Å². The second kappa shape index (κ2) is 9.24. The highest BCUT2D eigenvalue weighted by molar-refractivity contribution is 7.89. The van der Waals surface area contributed by atoms with Crippen LogP contribution in [0.3, 0.4) is 0 Å². The maximum absolute atomic E-state index is 14.8. The summed E-state index contributed by atoms with van der Waals surface area (Å²) in [6.45, 7) is 6.96. The summed E-state index contributed by atoms with van der Waals surface area (Å²) in [6.07, 6.45) is 1.74. The lowest BCUT2D eigenvalue weighted by Crippen LogP contribution is -2.42. The van der Waals surface area contributed by atoms with Gasteiger partial charge in [-0.2, -0.15) is 0 Å². The average molecular weight is 434 g/mol. The molecule has 1 fully saturated rings. The molecule has 1 saturated heterocycles. The Kier molecular flexibility index (Phi) is 6.90. The molecule has 1 aliphatic heterocycles. The molecule has 6 nitrogen and oxygen atoms in total. The molecule has 1 amide bonds. The van der Waals surface area contributed by atoms with E-state index in [-0.39, 0.29) is 23.6 Å². The van der Waals surface area contributed by atoms with Crippen molar-refractivity contribution in [3.05, 3.63) is 58.9 Å². The molecule has 1 atom stereocenters. The number of halogens is 1. The molecule has 0 bridgehead atoms. The van der Waals surface area contributed by atoms with Crippen molar-refractivity contribution in [3.8, 4) is 0 Å². The number of nitrogens with one attached hydrogen (secondary N) is 3. The van der Waals surface area contributed by atoms with Gasteiger partial charge < -0.3 is 10.6 Å². The Balaban J connectivity index is 1.79. The molecule has 2 aromatic carbocycles. The standard InChI is InChI=1S/C22H28FN3O3S/c1-14-6-4-5-7-18(14)22(27)25-20-13-19(23)21(12-15(20)2)30(28,29)26-16(3)17-8-10-24-11-9-17/h4-7,12-13,16-17,24,26H,8-11H2,1-3H3,(H,25,27). The van der Waals surface area contributed by atoms with Crippen LogP contribution in [0.4, 0.5) is 10.1 Å². The predicted octanol–water partition coefficient (Wildman–Crippen LogP) is 3.36. The monoisotopic (exact) mass is 433 g/mol. The second-order valence-corrected chi connectivity index (χ2v) is 9.55. The molecule has 1 unspecified atom stereocenters. The van der Waals surface area contributed by atoms with E-state index < -0.39 is 20.7 Å². The highest BCUT2D eigenvalue weighted by atomic mass is 32.2. The van der Waals surface area contributed by atoms with Crippen molar-refractivity contribution < 1.29 is 17.6 Å². The first-order valence-electron chi connectivity index (χ1n) is 10.1. The number of rotatable bonds is 6. The van der Waals surface area contributed by atoms with Crippen molar-refractivity contribution in [2.24, 2.45) is 5.92 Å². The molecule has 8 heteroatoms. The summed E-state index contributed by atoms with van der Waals surface area (Å²) in [5.74, 6) is -1.06. The normalized spacial score (nSPS) is 16.3. The number of piperidine rings is 1. The summed E-state index contributed by atoms with van der Waals surface area (Å²) >= 11 is 0. The first-order valence-corrected chi connectivity index (χ1v) is 11.6. The summed E-state index contributed by atoms with van der Waals surface area (Å²) in [4.78, 5) is 12.1. The van der Waals surface area contributed by atoms with Crippen LogP contribution in [0.25, 0.3) is 0 Å². The number of carbonyl (C=O) groups is 1. The molecule has 0 spiro atoms. The van der Waals surface area contributed by atoms with Gasteiger partial charge in [0.1, 0.15) is 10.7 Å². The van der Waals surface area contributed by atoms with Crippen LogP contribution in [0.2, 0.25) is 0 Å². The summed E-state index contributed by atoms with van der Waals surface area (Å²) in [5.41, 5.74) is 1.98. The highest BCUT2D eigenvalue weighted by Crippen LogP contribution is 2.26. The fourth-order valence-electron chi connectivity index (χ4n) is 3.76. The number of hydrogen-bond donors (Lipinski definition) is 3. The number of benzene rings is 2. The van der Waals surface area contributed by atoms with Crippen molar-refractivity contribution >= 4 is 21.6 Å². The molecule has 2 aromatic rings. The third-order valence-electron chi connectivity index (χ3n) is 5.64. The molecule has 0 aromatic heterocycles. The molecular weight excluding hydrogens is 405 g/mol. The van der Waals surface area contributed by atoms with Crippen LogP contribution >= 0.6 is 0 Å². The minimum Gasteiger partial charge on any atom is -0.322 e. The SMILES string of the molecule is Cc1cc(S(=O)(=O)NC(C)C2CCNCC2)c(F)cc1NC(=O)c1ccccc1C. The number of amides is 1. The number of hydrogen-bond acceptors (Lipinski definition) is 4. The van der Waals surface area contributed by atoms with Crippen LogP contribution in [0.15, 0.2) is 41.3 Å². The lowest BCUT2D eigenvalue weighted by molar-refractivity contribution is 0.102. The van der Waals surface area contributed by atoms with Crippen molar-refractivity contribution in [2.75, 3.05) is 18.4 Å². The Morgan fingerprint density at radius 3 is 2.47 bits per heavy atom. The van der Waals surface area contributed by atoms with Gasteiger partial charge >= 0.3 is 0 Å². The van der Waals surface area contributed by atoms with Crippen LogP contribution in [-0.2, 0) is 10.0 Å². The maximum atomic E-state index is 14.8. The largest absolute Gasteiger partial charge is 0.322 e. The van der Waals surface area contributed by atoms with Gasteiger partial charge in [-0.25, -0.2) is 17.5 Å². The van der Waals surface area contributed by atoms with Crippen LogP contribution < -0.4 is 15.4 Å². The third kappa shape index (κ3) is 5.06. The molecular formula is C22H28FN3O3S. The predicted molar refractivity (Wildman–Crippen MR) is 116 cm³/mol. The zero-order valence-corrected chi connectivity index (χ0v) is 18.3. The summed E-state index contributed by atoms with van der Waals surface area (Å²) in [6, 6.07) is 9.11. The van der Waals surface area contributed by atoms with E-state index in [4.69, 9.17) is 0 Å². The van der Waals surface area contributed by atoms with Gasteiger partial charge in [0.2, 0.25) is 10.0 Å². The first kappa shape index (κ1) is 22.4. The Bertz CT molecular complexity index is 1030. The molecule has 1 heterocycles. The van der Waals surface area contributed by atoms with E-state index in [1.165, 1.54) is 6.07 Å². The third-order valence-corrected chi connectivity index (χ3v) is 7.21. The number of aryl methyl sites for hydroxylation is 2. The summed E-state index contributed by atoms with van der Waals surface area (Å²) in [7, 11) is -4.02. The van der Waals surface area contributed by atoms with Crippen LogP contribution in [0.1, 0.15) is 41.3 Å². The minimum absolute atomic E-state index is 0.206. The average Bonchev–Trinajstić information content (AvgIpc) is 2.71. The fraction of sp³-hybridized carbons (Fsp3) is 0.409. The topological polar surface area (TPSA) is 87.3 Å². The van der Waals surface area contributed by atoms with E-state index >= 15 is 0 Å². The minimum atomic E-state index is -4.02. The van der Waals surface area contributed by atoms with E-state index in [0.29, 0.717) is 11.1 Å². The molecule has 30 heavy (non-hydrogen) atoms. The maximum Gasteiger partial charge on any atom is 0.255 e. The van der Waals surface area contributed by atoms with E-state index in [1.54, 1.807) is 19.1 Å². The molecule has 3 N–H and O–H groups in total. The van der Waals surface area contributed by atoms with Gasteiger partial charge in [-0.1, -0.05) is 18.2 Å². The van der Waals surface area contributed by atoms with Crippen molar-refractivity contribution in [2.45, 2.75) is 44.6 Å². The van der Waals surface area contributed by atoms with Crippen molar-refractivity contribution in [1.82, 2.24) is 10.0 Å². The van der Waals surface area contributed by atoms with Gasteiger partial charge in [0.05, 0.1) is 0 Å². The van der Waals surface area contributed by atoms with Crippen LogP contribution in [-0.4, -0.2) is 33.5 Å². The molecule has 0 saturated carbocycles. The van der Waals surface area contributed by atoms with Crippen LogP contribution in [0, 0.1) is 25.6 Å². The summed E-state index contributed by atoms with van der Waals surface area (Å²) < 4.78 is 43.0. The van der Waals surface area contributed by atoms with Crippen LogP contribution in [0.5, 0.6) is 0 Å². The Morgan fingerprint density at radius 1 is 1.13 bits per heavy atom. The smallest absolute Gasteiger partial charge is 0.255 e. The summed E-state index contributed by atoms with van der Waals surface area (Å²) in [5, 5.41) is 5.92. The van der Waals surface area contributed by atoms with Crippen molar-refractivity contribution in [1.29, 1.82) is 0 Å². The Labute approximate surface area is 177 Å². The van der Waals surface area contributed by atoms with E-state index in [9.17, 15) is 17.6 Å². The van der Waals surface area contributed by atoms with Gasteiger partial charge in [-0.15, -0.1) is 0 Å². The quantitative estimate of drug-likeness (QED) is 0.652. The Hall–Kier alpha value is -2.29. The molecule has 162 valence electrons. The number of sulfonamides is 1. The fourth-order valence-corrected chi connectivity index (χ4v) is 5.22. The zero-order valence-electron chi connectivity index (χ0n) is 17.5. The lowest BCUT2D eigenvalue weighted by Gasteiger charge is -2.28. The molecule has 0 aliphatic carbocycles. The molecule has 0 radical (unpaired) electrons. The first-order chi connectivity index (χ1) is 14.2. The number of carbonyl (C=O) groups excluding carboxylic acids is 1.